The minimum atomic E-state index is -6.09. The maximum atomic E-state index is 10.7. The summed E-state index contributed by atoms with van der Waals surface area (Å²) in [5, 5.41) is 0. The lowest BCUT2D eigenvalue weighted by atomic mass is 10.1. The van der Waals surface area contributed by atoms with Crippen molar-refractivity contribution in [2.75, 3.05) is 0 Å². The number of rotatable bonds is 3. The lowest BCUT2D eigenvalue weighted by molar-refractivity contribution is -0.597. The van der Waals surface area contributed by atoms with Gasteiger partial charge in [-0.2, -0.15) is 13.2 Å². The molecule has 3 nitrogen and oxygen atoms in total. The van der Waals surface area contributed by atoms with Crippen LogP contribution in [0.4, 0.5) is 13.2 Å². The first kappa shape index (κ1) is 24.4. The van der Waals surface area contributed by atoms with Gasteiger partial charge in [0, 0.05) is 16.7 Å². The van der Waals surface area contributed by atoms with E-state index in [2.05, 4.69) is 87.5 Å². The zero-order chi connectivity index (χ0) is 22.5. The highest BCUT2D eigenvalue weighted by atomic mass is 127. The van der Waals surface area contributed by atoms with E-state index >= 15 is 0 Å². The molecule has 0 aliphatic rings. The van der Waals surface area contributed by atoms with Crippen LogP contribution in [0.5, 0.6) is 0 Å². The van der Waals surface area contributed by atoms with Gasteiger partial charge in [-0.15, -0.1) is 0 Å². The number of hydrogen-bond donors (Lipinski definition) is 0. The Morgan fingerprint density at radius 3 is 1.80 bits per heavy atom. The fourth-order valence-electron chi connectivity index (χ4n) is 2.81. The van der Waals surface area contributed by atoms with Crippen molar-refractivity contribution >= 4 is 10.1 Å². The van der Waals surface area contributed by atoms with E-state index in [0.29, 0.717) is 0 Å². The van der Waals surface area contributed by atoms with Gasteiger partial charge in [0.2, 0.25) is 3.57 Å². The standard InChI is InChI=1S/C21H20I.CHF3O3S/c1-15-13-16(2)21(17(3)14-15)22-20-12-8-7-11-19(20)18-9-5-4-6-10-18;2-1(3,4)8(5,6)7/h4-14H,1-3H3;(H,5,6,7)/q+1;/p-1. The van der Waals surface area contributed by atoms with Crippen molar-refractivity contribution in [3.05, 3.63) is 90.6 Å². The van der Waals surface area contributed by atoms with Crippen LogP contribution >= 0.6 is 0 Å². The van der Waals surface area contributed by atoms with Crippen molar-refractivity contribution in [1.29, 1.82) is 0 Å². The summed E-state index contributed by atoms with van der Waals surface area (Å²) in [6.45, 7) is 6.68. The van der Waals surface area contributed by atoms with Gasteiger partial charge in [-0.3, -0.25) is 0 Å². The summed E-state index contributed by atoms with van der Waals surface area (Å²) in [5.74, 6) is 0. The third kappa shape index (κ3) is 6.55. The van der Waals surface area contributed by atoms with Crippen LogP contribution < -0.4 is 21.2 Å². The molecule has 3 aromatic rings. The van der Waals surface area contributed by atoms with Crippen molar-refractivity contribution in [3.63, 3.8) is 0 Å². The number of aryl methyl sites for hydroxylation is 3. The molecule has 3 rings (SSSR count). The molecule has 0 radical (unpaired) electrons. The Bertz CT molecular complexity index is 1090. The van der Waals surface area contributed by atoms with Crippen molar-refractivity contribution < 1.29 is 47.3 Å². The van der Waals surface area contributed by atoms with Crippen LogP contribution in [0, 0.1) is 27.9 Å². The smallest absolute Gasteiger partial charge is 0.485 e. The molecule has 0 aromatic heterocycles. The van der Waals surface area contributed by atoms with Crippen LogP contribution in [0.1, 0.15) is 16.7 Å². The van der Waals surface area contributed by atoms with E-state index in [9.17, 15) is 13.2 Å². The predicted molar refractivity (Wildman–Crippen MR) is 106 cm³/mol. The van der Waals surface area contributed by atoms with Crippen molar-refractivity contribution in [2.24, 2.45) is 0 Å². The van der Waals surface area contributed by atoms with Gasteiger partial charge in [0.25, 0.3) is 0 Å². The number of halogens is 4. The van der Waals surface area contributed by atoms with E-state index < -0.39 is 15.6 Å². The molecule has 30 heavy (non-hydrogen) atoms. The molecule has 0 aliphatic carbocycles. The Morgan fingerprint density at radius 2 is 1.30 bits per heavy atom. The normalized spacial score (nSPS) is 11.6. The third-order valence-corrected chi connectivity index (χ3v) is 8.35. The Hall–Kier alpha value is -1.91. The topological polar surface area (TPSA) is 57.2 Å². The summed E-state index contributed by atoms with van der Waals surface area (Å²) in [4.78, 5) is 0. The average Bonchev–Trinajstić information content (AvgIpc) is 2.64. The first-order valence-electron chi connectivity index (χ1n) is 8.79. The lowest BCUT2D eigenvalue weighted by Crippen LogP contribution is -3.62. The molecule has 0 saturated heterocycles. The van der Waals surface area contributed by atoms with Gasteiger partial charge >= 0.3 is 26.7 Å². The minimum Gasteiger partial charge on any atom is -0.741 e. The second-order valence-corrected chi connectivity index (χ2v) is 10.7. The van der Waals surface area contributed by atoms with E-state index in [0.717, 1.165) is 0 Å². The summed E-state index contributed by atoms with van der Waals surface area (Å²) in [6, 6.07) is 24.2. The van der Waals surface area contributed by atoms with Gasteiger partial charge in [0.1, 0.15) is 0 Å². The Kier molecular flexibility index (Phi) is 8.06. The molecule has 0 spiro atoms. The first-order valence-corrected chi connectivity index (χ1v) is 12.4. The monoisotopic (exact) mass is 548 g/mol. The Labute approximate surface area is 185 Å². The molecule has 3 aromatic carbocycles. The van der Waals surface area contributed by atoms with E-state index in [1.54, 1.807) is 3.57 Å². The molecule has 160 valence electrons. The highest BCUT2D eigenvalue weighted by Crippen LogP contribution is 2.20. The second-order valence-electron chi connectivity index (χ2n) is 6.55. The van der Waals surface area contributed by atoms with Crippen LogP contribution in [-0.4, -0.2) is 18.5 Å². The van der Waals surface area contributed by atoms with Crippen molar-refractivity contribution in [1.82, 2.24) is 0 Å². The van der Waals surface area contributed by atoms with E-state index in [1.807, 2.05) is 0 Å². The van der Waals surface area contributed by atoms with Gasteiger partial charge in [-0.05, 0) is 38.5 Å². The summed E-state index contributed by atoms with van der Waals surface area (Å²) in [6.07, 6.45) is 0. The molecule has 0 bridgehead atoms. The zero-order valence-corrected chi connectivity index (χ0v) is 19.5. The molecule has 0 amide bonds. The largest absolute Gasteiger partial charge is 0.741 e. The molecule has 0 heterocycles. The van der Waals surface area contributed by atoms with Gasteiger partial charge in [-0.25, -0.2) is 8.42 Å². The molecule has 0 N–H and O–H groups in total. The molecular formula is C22H20F3IO3S. The van der Waals surface area contributed by atoms with Gasteiger partial charge in [-0.1, -0.05) is 60.2 Å². The maximum absolute atomic E-state index is 10.7. The fraction of sp³-hybridized carbons (Fsp3) is 0.182. The maximum Gasteiger partial charge on any atom is 0.485 e. The van der Waals surface area contributed by atoms with Gasteiger partial charge in [0.15, 0.2) is 13.7 Å². The highest BCUT2D eigenvalue weighted by molar-refractivity contribution is 7.86. The van der Waals surface area contributed by atoms with Crippen LogP contribution in [0.3, 0.4) is 0 Å². The van der Waals surface area contributed by atoms with E-state index in [4.69, 9.17) is 13.0 Å². The quantitative estimate of drug-likeness (QED) is 0.287. The van der Waals surface area contributed by atoms with Crippen LogP contribution in [0.15, 0.2) is 66.7 Å². The molecule has 0 fully saturated rings. The predicted octanol–water partition coefficient (Wildman–Crippen LogP) is 2.46. The minimum absolute atomic E-state index is 0.175. The Balaban J connectivity index is 0.000000343. The van der Waals surface area contributed by atoms with Crippen LogP contribution in [-0.2, 0) is 10.1 Å². The SMILES string of the molecule is Cc1cc(C)c([I+]c2ccccc2-c2ccccc2)c(C)c1.O=S(=O)([O-])C(F)(F)F. The molecule has 0 saturated carbocycles. The lowest BCUT2D eigenvalue weighted by Gasteiger charge is -2.08. The zero-order valence-electron chi connectivity index (χ0n) is 16.5. The van der Waals surface area contributed by atoms with Crippen LogP contribution in [0.2, 0.25) is 0 Å². The molecule has 0 unspecified atom stereocenters. The second kappa shape index (κ2) is 9.93. The van der Waals surface area contributed by atoms with E-state index in [1.165, 1.54) is 31.4 Å². The number of benzene rings is 3. The van der Waals surface area contributed by atoms with Gasteiger partial charge < -0.3 is 4.55 Å². The van der Waals surface area contributed by atoms with E-state index in [-0.39, 0.29) is 21.2 Å². The summed E-state index contributed by atoms with van der Waals surface area (Å²) < 4.78 is 62.0. The molecular weight excluding hydrogens is 528 g/mol. The van der Waals surface area contributed by atoms with Crippen LogP contribution in [0.25, 0.3) is 11.1 Å². The molecule has 0 aliphatic heterocycles. The number of hydrogen-bond acceptors (Lipinski definition) is 3. The van der Waals surface area contributed by atoms with Crippen molar-refractivity contribution in [3.8, 4) is 11.1 Å². The number of alkyl halides is 3. The van der Waals surface area contributed by atoms with Crippen molar-refractivity contribution in [2.45, 2.75) is 26.3 Å². The Morgan fingerprint density at radius 1 is 0.833 bits per heavy atom. The first-order chi connectivity index (χ1) is 13.9. The highest BCUT2D eigenvalue weighted by Gasteiger charge is 2.36. The fourth-order valence-corrected chi connectivity index (χ4v) is 5.72. The summed E-state index contributed by atoms with van der Waals surface area (Å²) in [5.41, 5.74) is 1.29. The average molecular weight is 548 g/mol. The summed E-state index contributed by atoms with van der Waals surface area (Å²) >= 11 is -0.175. The summed E-state index contributed by atoms with van der Waals surface area (Å²) in [7, 11) is -6.09. The third-order valence-electron chi connectivity index (χ3n) is 4.02. The molecule has 0 atom stereocenters. The molecule has 8 heteroatoms. The van der Waals surface area contributed by atoms with Gasteiger partial charge in [0.05, 0.1) is 0 Å².